The molecule has 2 atom stereocenters. The molecule has 0 aliphatic carbocycles. The second-order valence-electron chi connectivity index (χ2n) is 5.38. The van der Waals surface area contributed by atoms with Crippen LogP contribution in [-0.4, -0.2) is 71.3 Å². The van der Waals surface area contributed by atoms with Gasteiger partial charge < -0.3 is 19.9 Å². The average Bonchev–Trinajstić information content (AvgIpc) is 2.55. The van der Waals surface area contributed by atoms with Gasteiger partial charge >= 0.3 is 47.5 Å². The normalized spacial score (nSPS) is 13.0. The predicted molar refractivity (Wildman–Crippen MR) is 97.8 cm³/mol. The van der Waals surface area contributed by atoms with E-state index in [1.54, 1.807) is 13.8 Å². The Bertz CT molecular complexity index is 632. The SMILES string of the molecule is CCOC(=O)C(C)OC(=O)C=C(C)N[C@@H](Cc1ccccc1)C(=O)O.[NaH]. The van der Waals surface area contributed by atoms with E-state index in [0.29, 0.717) is 5.70 Å². The van der Waals surface area contributed by atoms with Gasteiger partial charge in [0.25, 0.3) is 0 Å². The second-order valence-corrected chi connectivity index (χ2v) is 5.38. The molecule has 0 radical (unpaired) electrons. The molecule has 8 heteroatoms. The molecule has 138 valence electrons. The summed E-state index contributed by atoms with van der Waals surface area (Å²) in [6.45, 7) is 4.80. The van der Waals surface area contributed by atoms with Crippen LogP contribution in [-0.2, 0) is 30.3 Å². The third kappa shape index (κ3) is 9.03. The van der Waals surface area contributed by atoms with Gasteiger partial charge in [0.05, 0.1) is 6.61 Å². The summed E-state index contributed by atoms with van der Waals surface area (Å²) in [7, 11) is 0. The van der Waals surface area contributed by atoms with E-state index in [2.05, 4.69) is 5.32 Å². The van der Waals surface area contributed by atoms with Gasteiger partial charge in [0, 0.05) is 18.2 Å². The van der Waals surface area contributed by atoms with Crippen LogP contribution < -0.4 is 5.32 Å². The van der Waals surface area contributed by atoms with Crippen molar-refractivity contribution in [3.63, 3.8) is 0 Å². The number of carboxylic acid groups (broad SMARTS) is 1. The first kappa shape index (κ1) is 24.2. The summed E-state index contributed by atoms with van der Waals surface area (Å²) in [5.74, 6) is -2.43. The zero-order valence-corrected chi connectivity index (χ0v) is 14.5. The molecule has 26 heavy (non-hydrogen) atoms. The van der Waals surface area contributed by atoms with Gasteiger partial charge in [-0.25, -0.2) is 14.4 Å². The molecule has 0 saturated heterocycles. The van der Waals surface area contributed by atoms with Crippen molar-refractivity contribution in [3.05, 3.63) is 47.7 Å². The number of allylic oxidation sites excluding steroid dienone is 1. The molecule has 0 bridgehead atoms. The first-order valence-corrected chi connectivity index (χ1v) is 7.92. The number of aliphatic carboxylic acids is 1. The Hall–Kier alpha value is -1.83. The molecule has 0 fully saturated rings. The van der Waals surface area contributed by atoms with Crippen molar-refractivity contribution in [3.8, 4) is 0 Å². The Morgan fingerprint density at radius 3 is 2.38 bits per heavy atom. The van der Waals surface area contributed by atoms with Gasteiger partial charge in [0.15, 0.2) is 6.10 Å². The summed E-state index contributed by atoms with van der Waals surface area (Å²) in [5, 5.41) is 12.1. The fourth-order valence-electron chi connectivity index (χ4n) is 2.06. The number of esters is 2. The number of carbonyl (C=O) groups excluding carboxylic acids is 2. The first-order valence-electron chi connectivity index (χ1n) is 7.92. The number of ether oxygens (including phenoxy) is 2. The number of carbonyl (C=O) groups is 3. The van der Waals surface area contributed by atoms with E-state index >= 15 is 0 Å². The Balaban J connectivity index is 0.00000625. The number of nitrogens with one attached hydrogen (secondary N) is 1. The van der Waals surface area contributed by atoms with Crippen molar-refractivity contribution in [1.82, 2.24) is 5.32 Å². The molecule has 2 N–H and O–H groups in total. The van der Waals surface area contributed by atoms with Crippen molar-refractivity contribution in [2.24, 2.45) is 0 Å². The van der Waals surface area contributed by atoms with Crippen LogP contribution in [0.4, 0.5) is 0 Å². The van der Waals surface area contributed by atoms with Gasteiger partial charge in [-0.3, -0.25) is 0 Å². The van der Waals surface area contributed by atoms with E-state index in [4.69, 9.17) is 9.47 Å². The van der Waals surface area contributed by atoms with Gasteiger partial charge in [0.1, 0.15) is 6.04 Å². The number of hydrogen-bond donors (Lipinski definition) is 2. The fraction of sp³-hybridized carbons (Fsp3) is 0.389. The molecular formula is C18H24NNaO6. The summed E-state index contributed by atoms with van der Waals surface area (Å²) in [5.41, 5.74) is 1.18. The van der Waals surface area contributed by atoms with Crippen LogP contribution in [0.3, 0.4) is 0 Å². The summed E-state index contributed by atoms with van der Waals surface area (Å²) in [6.07, 6.45) is 0.336. The molecule has 1 aromatic carbocycles. The molecule has 0 aliphatic rings. The van der Waals surface area contributed by atoms with Gasteiger partial charge in [-0.1, -0.05) is 30.3 Å². The minimum atomic E-state index is -1.04. The van der Waals surface area contributed by atoms with Crippen LogP contribution in [0.5, 0.6) is 0 Å². The van der Waals surface area contributed by atoms with Crippen LogP contribution in [0.25, 0.3) is 0 Å². The summed E-state index contributed by atoms with van der Waals surface area (Å²) < 4.78 is 9.66. The van der Waals surface area contributed by atoms with Crippen LogP contribution in [0.2, 0.25) is 0 Å². The Kier molecular flexibility index (Phi) is 11.6. The van der Waals surface area contributed by atoms with Crippen molar-refractivity contribution < 1.29 is 29.0 Å². The van der Waals surface area contributed by atoms with Gasteiger partial charge in [-0.15, -0.1) is 0 Å². The van der Waals surface area contributed by atoms with Crippen molar-refractivity contribution in [2.45, 2.75) is 39.3 Å². The Morgan fingerprint density at radius 2 is 1.85 bits per heavy atom. The van der Waals surface area contributed by atoms with Crippen LogP contribution >= 0.6 is 0 Å². The van der Waals surface area contributed by atoms with Gasteiger partial charge in [-0.05, 0) is 26.3 Å². The minimum absolute atomic E-state index is 0. The zero-order chi connectivity index (χ0) is 18.8. The van der Waals surface area contributed by atoms with Crippen LogP contribution in [0.15, 0.2) is 42.1 Å². The Labute approximate surface area is 175 Å². The molecule has 1 aromatic rings. The number of rotatable bonds is 9. The standard InChI is InChI=1S/C18H23NO6.Na.H/c1-4-24-18(23)13(3)25-16(20)10-12(2)19-15(17(21)22)11-14-8-6-5-7-9-14;;/h5-10,13,15,19H,4,11H2,1-3H3,(H,21,22);;/t13?,15-;;/m0../s1. The molecule has 0 spiro atoms. The molecule has 0 aliphatic heterocycles. The molecule has 1 unspecified atom stereocenters. The molecule has 0 heterocycles. The van der Waals surface area contributed by atoms with Crippen LogP contribution in [0, 0.1) is 0 Å². The third-order valence-electron chi connectivity index (χ3n) is 3.23. The van der Waals surface area contributed by atoms with E-state index in [1.165, 1.54) is 6.92 Å². The van der Waals surface area contributed by atoms with E-state index in [1.807, 2.05) is 30.3 Å². The summed E-state index contributed by atoms with van der Waals surface area (Å²) >= 11 is 0. The topological polar surface area (TPSA) is 102 Å². The quantitative estimate of drug-likeness (QED) is 0.379. The monoisotopic (exact) mass is 373 g/mol. The number of carboxylic acids is 1. The maximum atomic E-state index is 11.8. The third-order valence-corrected chi connectivity index (χ3v) is 3.23. The second kappa shape index (κ2) is 12.5. The number of benzene rings is 1. The average molecular weight is 373 g/mol. The molecule has 0 amide bonds. The number of hydrogen-bond acceptors (Lipinski definition) is 6. The predicted octanol–water partition coefficient (Wildman–Crippen LogP) is 1.02. The van der Waals surface area contributed by atoms with Crippen molar-refractivity contribution in [1.29, 1.82) is 0 Å². The molecule has 0 saturated carbocycles. The molecular weight excluding hydrogens is 349 g/mol. The fourth-order valence-corrected chi connectivity index (χ4v) is 2.06. The Morgan fingerprint density at radius 1 is 1.23 bits per heavy atom. The van der Waals surface area contributed by atoms with Gasteiger partial charge in [0.2, 0.25) is 0 Å². The molecule has 0 aromatic heterocycles. The van der Waals surface area contributed by atoms with E-state index in [9.17, 15) is 19.5 Å². The summed E-state index contributed by atoms with van der Waals surface area (Å²) in [4.78, 5) is 34.6. The molecule has 7 nitrogen and oxygen atoms in total. The first-order chi connectivity index (χ1) is 11.8. The van der Waals surface area contributed by atoms with E-state index < -0.39 is 30.1 Å². The maximum absolute atomic E-state index is 11.8. The van der Waals surface area contributed by atoms with E-state index in [-0.39, 0.29) is 42.6 Å². The van der Waals surface area contributed by atoms with Gasteiger partial charge in [-0.2, -0.15) is 0 Å². The van der Waals surface area contributed by atoms with Crippen LogP contribution in [0.1, 0.15) is 26.3 Å². The van der Waals surface area contributed by atoms with Crippen molar-refractivity contribution in [2.75, 3.05) is 6.61 Å². The van der Waals surface area contributed by atoms with E-state index in [0.717, 1.165) is 11.6 Å². The molecule has 1 rings (SSSR count). The zero-order valence-electron chi connectivity index (χ0n) is 14.5. The summed E-state index contributed by atoms with van der Waals surface area (Å²) in [6, 6.07) is 8.25. The van der Waals surface area contributed by atoms with Crippen molar-refractivity contribution >= 4 is 47.5 Å².